The molecule has 2 heterocycles. The maximum absolute atomic E-state index is 12.2. The summed E-state index contributed by atoms with van der Waals surface area (Å²) in [4.78, 5) is 23.9. The van der Waals surface area contributed by atoms with Crippen LogP contribution in [0.1, 0.15) is 174 Å². The number of esters is 1. The van der Waals surface area contributed by atoms with Crippen molar-refractivity contribution >= 4 is 11.8 Å². The predicted octanol–water partition coefficient (Wildman–Crippen LogP) is 8.05. The van der Waals surface area contributed by atoms with Gasteiger partial charge in [-0.3, -0.25) is 4.79 Å². The van der Waals surface area contributed by atoms with Gasteiger partial charge in [0, 0.05) is 24.8 Å². The Bertz CT molecular complexity index is 797. The maximum atomic E-state index is 12.2. The van der Waals surface area contributed by atoms with Gasteiger partial charge in [-0.2, -0.15) is 0 Å². The van der Waals surface area contributed by atoms with Crippen LogP contribution in [0.2, 0.25) is 0 Å². The fraction of sp³-hybridized carbons (Fsp3) is 0.892. The fourth-order valence-electron chi connectivity index (χ4n) is 6.64. The SMILES string of the molecule is CCCCCCCCCCCC[C@H](O)[C@H]1CC[C@@H]([C@H](O)CCCCCCC(=O)CCCCC[C@H](O)CC2=C[C@@H](C)OC2=O)O1. The average molecular weight is 623 g/mol. The second-order valence-electron chi connectivity index (χ2n) is 13.6. The summed E-state index contributed by atoms with van der Waals surface area (Å²) in [5, 5.41) is 31.4. The van der Waals surface area contributed by atoms with Crippen molar-refractivity contribution in [3.05, 3.63) is 11.6 Å². The van der Waals surface area contributed by atoms with Crippen LogP contribution in [-0.4, -0.2) is 63.7 Å². The van der Waals surface area contributed by atoms with E-state index in [1.165, 1.54) is 57.8 Å². The number of cyclic esters (lactones) is 1. The lowest BCUT2D eigenvalue weighted by Gasteiger charge is -2.22. The van der Waals surface area contributed by atoms with Gasteiger partial charge in [0.1, 0.15) is 11.9 Å². The van der Waals surface area contributed by atoms with Gasteiger partial charge in [-0.1, -0.05) is 103 Å². The molecule has 0 aromatic rings. The van der Waals surface area contributed by atoms with Gasteiger partial charge in [0.05, 0.1) is 30.5 Å². The molecule has 0 aromatic heterocycles. The van der Waals surface area contributed by atoms with Crippen LogP contribution < -0.4 is 0 Å². The molecule has 7 heteroatoms. The summed E-state index contributed by atoms with van der Waals surface area (Å²) in [5.74, 6) is -0.0135. The molecule has 2 aliphatic heterocycles. The van der Waals surface area contributed by atoms with Crippen LogP contribution in [0.15, 0.2) is 11.6 Å². The largest absolute Gasteiger partial charge is 0.455 e. The number of unbranched alkanes of at least 4 members (excludes halogenated alkanes) is 14. The van der Waals surface area contributed by atoms with Gasteiger partial charge in [0.25, 0.3) is 0 Å². The monoisotopic (exact) mass is 622 g/mol. The Labute approximate surface area is 268 Å². The number of ketones is 1. The third kappa shape index (κ3) is 17.4. The van der Waals surface area contributed by atoms with Crippen molar-refractivity contribution in [2.45, 2.75) is 211 Å². The van der Waals surface area contributed by atoms with Crippen molar-refractivity contribution < 1.29 is 34.4 Å². The number of hydrogen-bond donors (Lipinski definition) is 3. The molecule has 0 spiro atoms. The van der Waals surface area contributed by atoms with E-state index in [2.05, 4.69) is 6.92 Å². The van der Waals surface area contributed by atoms with Gasteiger partial charge in [-0.25, -0.2) is 4.79 Å². The van der Waals surface area contributed by atoms with Crippen molar-refractivity contribution in [2.24, 2.45) is 0 Å². The minimum atomic E-state index is -0.541. The van der Waals surface area contributed by atoms with Crippen LogP contribution in [0, 0.1) is 0 Å². The van der Waals surface area contributed by atoms with Crippen molar-refractivity contribution in [1.29, 1.82) is 0 Å². The highest BCUT2D eigenvalue weighted by atomic mass is 16.5. The van der Waals surface area contributed by atoms with E-state index >= 15 is 0 Å². The third-order valence-electron chi connectivity index (χ3n) is 9.44. The molecule has 0 radical (unpaired) electrons. The number of ether oxygens (including phenoxy) is 2. The van der Waals surface area contributed by atoms with Crippen molar-refractivity contribution in [2.75, 3.05) is 0 Å². The summed E-state index contributed by atoms with van der Waals surface area (Å²) in [6, 6.07) is 0. The number of carbonyl (C=O) groups excluding carboxylic acids is 2. The highest BCUT2D eigenvalue weighted by Crippen LogP contribution is 2.28. The molecular weight excluding hydrogens is 556 g/mol. The van der Waals surface area contributed by atoms with Crippen molar-refractivity contribution in [3.63, 3.8) is 0 Å². The molecule has 2 rings (SSSR count). The predicted molar refractivity (Wildman–Crippen MR) is 176 cm³/mol. The number of aliphatic hydroxyl groups is 3. The van der Waals surface area contributed by atoms with E-state index in [-0.39, 0.29) is 24.3 Å². The van der Waals surface area contributed by atoms with E-state index in [9.17, 15) is 24.9 Å². The molecule has 2 aliphatic rings. The first-order valence-corrected chi connectivity index (χ1v) is 18.4. The molecule has 0 aromatic carbocycles. The Morgan fingerprint density at radius 3 is 1.68 bits per heavy atom. The molecule has 1 fully saturated rings. The Kier molecular flexibility index (Phi) is 21.2. The molecule has 3 N–H and O–H groups in total. The summed E-state index contributed by atoms with van der Waals surface area (Å²) in [7, 11) is 0. The lowest BCUT2D eigenvalue weighted by molar-refractivity contribution is -0.139. The number of aliphatic hydroxyl groups excluding tert-OH is 3. The first kappa shape index (κ1) is 38.9. The smallest absolute Gasteiger partial charge is 0.334 e. The Hall–Kier alpha value is -1.28. The second kappa shape index (κ2) is 24.0. The second-order valence-corrected chi connectivity index (χ2v) is 13.6. The van der Waals surface area contributed by atoms with E-state index in [1.807, 2.05) is 6.92 Å². The number of Topliss-reactive ketones (excluding diaryl/α,β-unsaturated/α-hetero) is 1. The normalized spacial score (nSPS) is 22.2. The zero-order valence-electron chi connectivity index (χ0n) is 28.2. The number of hydrogen-bond acceptors (Lipinski definition) is 7. The molecular formula is C37H66O7. The van der Waals surface area contributed by atoms with Gasteiger partial charge in [-0.15, -0.1) is 0 Å². The Morgan fingerprint density at radius 2 is 1.18 bits per heavy atom. The van der Waals surface area contributed by atoms with E-state index in [4.69, 9.17) is 9.47 Å². The fourth-order valence-corrected chi connectivity index (χ4v) is 6.64. The Morgan fingerprint density at radius 1 is 0.727 bits per heavy atom. The minimum Gasteiger partial charge on any atom is -0.455 e. The maximum Gasteiger partial charge on any atom is 0.334 e. The lowest BCUT2D eigenvalue weighted by Crippen LogP contribution is -2.31. The van der Waals surface area contributed by atoms with Gasteiger partial charge in [-0.05, 0) is 57.9 Å². The summed E-state index contributed by atoms with van der Waals surface area (Å²) >= 11 is 0. The third-order valence-corrected chi connectivity index (χ3v) is 9.44. The van der Waals surface area contributed by atoms with Gasteiger partial charge in [0.15, 0.2) is 0 Å². The van der Waals surface area contributed by atoms with Gasteiger partial charge < -0.3 is 24.8 Å². The molecule has 256 valence electrons. The van der Waals surface area contributed by atoms with E-state index in [1.54, 1.807) is 6.08 Å². The van der Waals surface area contributed by atoms with Crippen LogP contribution in [0.3, 0.4) is 0 Å². The summed E-state index contributed by atoms with van der Waals surface area (Å²) in [5.41, 5.74) is 0.569. The molecule has 0 amide bonds. The molecule has 6 atom stereocenters. The minimum absolute atomic E-state index is 0.136. The van der Waals surface area contributed by atoms with Gasteiger partial charge >= 0.3 is 5.97 Å². The summed E-state index contributed by atoms with van der Waals surface area (Å²) in [6.45, 7) is 4.07. The van der Waals surface area contributed by atoms with Crippen LogP contribution in [-0.2, 0) is 19.1 Å². The standard InChI is InChI=1S/C37H66O7/c1-3-4-5-6-7-8-9-10-11-18-23-33(40)35-25-26-36(44-35)34(41)24-19-13-12-15-20-31(38)21-16-14-17-22-32(39)28-30-27-29(2)43-37(30)42/h27,29,32-36,39-41H,3-26,28H2,1-2H3/t29-,32+,33+,34-,35-,36+/m1/s1. The molecule has 0 saturated carbocycles. The molecule has 0 aliphatic carbocycles. The molecule has 44 heavy (non-hydrogen) atoms. The zero-order chi connectivity index (χ0) is 32.0. The van der Waals surface area contributed by atoms with Crippen LogP contribution >= 0.6 is 0 Å². The van der Waals surface area contributed by atoms with Crippen LogP contribution in [0.5, 0.6) is 0 Å². The van der Waals surface area contributed by atoms with E-state index in [0.29, 0.717) is 43.5 Å². The summed E-state index contributed by atoms with van der Waals surface area (Å²) in [6.07, 6.45) is 24.5. The molecule has 0 bridgehead atoms. The molecule has 7 nitrogen and oxygen atoms in total. The van der Waals surface area contributed by atoms with E-state index < -0.39 is 18.3 Å². The van der Waals surface area contributed by atoms with Crippen LogP contribution in [0.25, 0.3) is 0 Å². The topological polar surface area (TPSA) is 113 Å². The first-order chi connectivity index (χ1) is 21.3. The molecule has 1 saturated heterocycles. The molecule has 0 unspecified atom stereocenters. The highest BCUT2D eigenvalue weighted by Gasteiger charge is 2.34. The lowest BCUT2D eigenvalue weighted by atomic mass is 9.99. The van der Waals surface area contributed by atoms with Crippen molar-refractivity contribution in [3.8, 4) is 0 Å². The van der Waals surface area contributed by atoms with Crippen LogP contribution in [0.4, 0.5) is 0 Å². The average Bonchev–Trinajstić information content (AvgIpc) is 3.61. The Balaban J connectivity index is 1.38. The van der Waals surface area contributed by atoms with E-state index in [0.717, 1.165) is 70.6 Å². The quantitative estimate of drug-likeness (QED) is 0.0598. The van der Waals surface area contributed by atoms with Gasteiger partial charge in [0.2, 0.25) is 0 Å². The number of carbonyl (C=O) groups is 2. The summed E-state index contributed by atoms with van der Waals surface area (Å²) < 4.78 is 11.1. The highest BCUT2D eigenvalue weighted by molar-refractivity contribution is 5.90. The zero-order valence-corrected chi connectivity index (χ0v) is 28.2. The number of rotatable bonds is 28. The first-order valence-electron chi connectivity index (χ1n) is 18.4. The van der Waals surface area contributed by atoms with Crippen molar-refractivity contribution in [1.82, 2.24) is 0 Å².